The molecule has 5 rings (SSSR count). The molecule has 1 amide bonds. The van der Waals surface area contributed by atoms with Crippen LogP contribution >= 0.6 is 11.6 Å². The molecule has 2 fully saturated rings. The van der Waals surface area contributed by atoms with Crippen LogP contribution in [0.2, 0.25) is 5.02 Å². The molecule has 0 N–H and O–H groups in total. The quantitative estimate of drug-likeness (QED) is 0.600. The van der Waals surface area contributed by atoms with E-state index in [9.17, 15) is 4.79 Å². The summed E-state index contributed by atoms with van der Waals surface area (Å²) >= 11 is 6.56. The Morgan fingerprint density at radius 1 is 1.11 bits per heavy atom. The Balaban J connectivity index is 1.39. The van der Waals surface area contributed by atoms with Gasteiger partial charge in [0.25, 0.3) is 5.91 Å². The minimum Gasteiger partial charge on any atom is -0.497 e. The third-order valence-electron chi connectivity index (χ3n) is 6.94. The van der Waals surface area contributed by atoms with Crippen LogP contribution in [0.5, 0.6) is 11.5 Å². The standard InChI is InChI=1S/C26H30ClN3O5/c1-32-18-7-8-20(24(15-18)33-2)22-16-23(19-5-3-4-6-21(19)27)30(28-22)25(31)17-29-11-9-26(10-12-29)34-13-14-35-26/h3-8,15,23H,9-14,16-17H2,1-2H3. The Morgan fingerprint density at radius 2 is 1.86 bits per heavy atom. The van der Waals surface area contributed by atoms with E-state index in [0.717, 1.165) is 42.8 Å². The van der Waals surface area contributed by atoms with E-state index in [1.165, 1.54) is 0 Å². The van der Waals surface area contributed by atoms with Crippen molar-refractivity contribution >= 4 is 23.2 Å². The molecule has 9 heteroatoms. The average molecular weight is 500 g/mol. The fourth-order valence-corrected chi connectivity index (χ4v) is 5.29. The first-order valence-electron chi connectivity index (χ1n) is 11.9. The van der Waals surface area contributed by atoms with Gasteiger partial charge in [-0.3, -0.25) is 9.69 Å². The topological polar surface area (TPSA) is 72.8 Å². The number of likely N-dealkylation sites (tertiary alicyclic amines) is 1. The van der Waals surface area contributed by atoms with E-state index in [2.05, 4.69) is 4.90 Å². The van der Waals surface area contributed by atoms with Crippen LogP contribution in [0.25, 0.3) is 0 Å². The summed E-state index contributed by atoms with van der Waals surface area (Å²) < 4.78 is 22.6. The minimum atomic E-state index is -0.469. The van der Waals surface area contributed by atoms with E-state index in [0.29, 0.717) is 36.2 Å². The van der Waals surface area contributed by atoms with Gasteiger partial charge in [-0.05, 0) is 23.8 Å². The lowest BCUT2D eigenvalue weighted by Crippen LogP contribution is -2.48. The number of ether oxygens (including phenoxy) is 4. The smallest absolute Gasteiger partial charge is 0.257 e. The molecule has 1 unspecified atom stereocenters. The number of carbonyl (C=O) groups excluding carboxylic acids is 1. The van der Waals surface area contributed by atoms with Crippen LogP contribution in [-0.4, -0.2) is 74.4 Å². The van der Waals surface area contributed by atoms with Crippen LogP contribution in [0.4, 0.5) is 0 Å². The maximum Gasteiger partial charge on any atom is 0.257 e. The Labute approximate surface area is 210 Å². The number of hydrazone groups is 1. The first kappa shape index (κ1) is 24.1. The third-order valence-corrected chi connectivity index (χ3v) is 7.28. The van der Waals surface area contributed by atoms with Gasteiger partial charge in [0.2, 0.25) is 0 Å². The normalized spacial score (nSPS) is 21.9. The number of hydrogen-bond acceptors (Lipinski definition) is 7. The summed E-state index contributed by atoms with van der Waals surface area (Å²) in [5.74, 6) is 0.802. The zero-order chi connectivity index (χ0) is 24.4. The van der Waals surface area contributed by atoms with Crippen LogP contribution < -0.4 is 9.47 Å². The van der Waals surface area contributed by atoms with Crippen molar-refractivity contribution in [2.75, 3.05) is 47.1 Å². The highest BCUT2D eigenvalue weighted by atomic mass is 35.5. The second kappa shape index (κ2) is 10.1. The molecule has 186 valence electrons. The molecule has 2 saturated heterocycles. The van der Waals surface area contributed by atoms with Crippen molar-refractivity contribution in [3.8, 4) is 11.5 Å². The van der Waals surface area contributed by atoms with Gasteiger partial charge in [0, 0.05) is 49.0 Å². The van der Waals surface area contributed by atoms with Crippen molar-refractivity contribution in [1.29, 1.82) is 0 Å². The first-order chi connectivity index (χ1) is 17.0. The molecule has 0 saturated carbocycles. The number of piperidine rings is 1. The SMILES string of the molecule is COc1ccc(C2=NN(C(=O)CN3CCC4(CC3)OCCO4)C(c3ccccc3Cl)C2)c(OC)c1. The Morgan fingerprint density at radius 3 is 2.54 bits per heavy atom. The van der Waals surface area contributed by atoms with Gasteiger partial charge < -0.3 is 18.9 Å². The van der Waals surface area contributed by atoms with Crippen LogP contribution in [0.15, 0.2) is 47.6 Å². The molecule has 3 aliphatic heterocycles. The fraction of sp³-hybridized carbons (Fsp3) is 0.462. The molecule has 1 spiro atoms. The predicted octanol–water partition coefficient (Wildman–Crippen LogP) is 3.87. The molecule has 0 aliphatic carbocycles. The summed E-state index contributed by atoms with van der Waals surface area (Å²) in [6, 6.07) is 12.9. The summed E-state index contributed by atoms with van der Waals surface area (Å²) in [7, 11) is 3.23. The largest absolute Gasteiger partial charge is 0.497 e. The van der Waals surface area contributed by atoms with E-state index in [1.807, 2.05) is 42.5 Å². The van der Waals surface area contributed by atoms with Crippen LogP contribution in [0, 0.1) is 0 Å². The second-order valence-electron chi connectivity index (χ2n) is 8.98. The molecule has 0 aromatic heterocycles. The molecule has 8 nitrogen and oxygen atoms in total. The van der Waals surface area contributed by atoms with Gasteiger partial charge in [0.15, 0.2) is 5.79 Å². The summed E-state index contributed by atoms with van der Waals surface area (Å²) in [5.41, 5.74) is 2.48. The maximum absolute atomic E-state index is 13.6. The maximum atomic E-state index is 13.6. The van der Waals surface area contributed by atoms with Crippen molar-refractivity contribution < 1.29 is 23.7 Å². The van der Waals surface area contributed by atoms with Gasteiger partial charge in [0.05, 0.1) is 45.7 Å². The molecule has 3 heterocycles. The molecule has 2 aromatic rings. The first-order valence-corrected chi connectivity index (χ1v) is 12.3. The van der Waals surface area contributed by atoms with Crippen molar-refractivity contribution in [2.45, 2.75) is 31.1 Å². The highest BCUT2D eigenvalue weighted by molar-refractivity contribution is 6.31. The van der Waals surface area contributed by atoms with Gasteiger partial charge in [-0.1, -0.05) is 29.8 Å². The van der Waals surface area contributed by atoms with E-state index < -0.39 is 5.79 Å². The Bertz CT molecular complexity index is 1110. The van der Waals surface area contributed by atoms with E-state index >= 15 is 0 Å². The van der Waals surface area contributed by atoms with Crippen molar-refractivity contribution in [3.05, 3.63) is 58.6 Å². The minimum absolute atomic E-state index is 0.0680. The summed E-state index contributed by atoms with van der Waals surface area (Å²) in [4.78, 5) is 15.7. The third kappa shape index (κ3) is 4.89. The number of halogens is 1. The van der Waals surface area contributed by atoms with Crippen LogP contribution in [0.3, 0.4) is 0 Å². The number of benzene rings is 2. The van der Waals surface area contributed by atoms with Crippen molar-refractivity contribution in [1.82, 2.24) is 9.91 Å². The number of rotatable bonds is 6. The number of hydrogen-bond donors (Lipinski definition) is 0. The zero-order valence-corrected chi connectivity index (χ0v) is 20.8. The van der Waals surface area contributed by atoms with Gasteiger partial charge in [-0.2, -0.15) is 5.10 Å². The summed E-state index contributed by atoms with van der Waals surface area (Å²) in [5, 5.41) is 7.01. The van der Waals surface area contributed by atoms with Gasteiger partial charge in [0.1, 0.15) is 11.5 Å². The Kier molecular flexibility index (Phi) is 6.98. The summed E-state index contributed by atoms with van der Waals surface area (Å²) in [6.45, 7) is 3.02. The molecule has 1 atom stereocenters. The van der Waals surface area contributed by atoms with E-state index in [-0.39, 0.29) is 18.5 Å². The van der Waals surface area contributed by atoms with Gasteiger partial charge >= 0.3 is 0 Å². The van der Waals surface area contributed by atoms with Crippen molar-refractivity contribution in [3.63, 3.8) is 0 Å². The fourth-order valence-electron chi connectivity index (χ4n) is 5.03. The lowest BCUT2D eigenvalue weighted by Gasteiger charge is -2.37. The lowest BCUT2D eigenvalue weighted by molar-refractivity contribution is -0.186. The molecule has 3 aliphatic rings. The molecular weight excluding hydrogens is 470 g/mol. The molecule has 35 heavy (non-hydrogen) atoms. The monoisotopic (exact) mass is 499 g/mol. The van der Waals surface area contributed by atoms with Crippen LogP contribution in [0.1, 0.15) is 36.4 Å². The highest BCUT2D eigenvalue weighted by Crippen LogP contribution is 2.39. The summed E-state index contributed by atoms with van der Waals surface area (Å²) in [6.07, 6.45) is 2.04. The Hall–Kier alpha value is -2.65. The molecule has 0 radical (unpaired) electrons. The molecular formula is C26H30ClN3O5. The predicted molar refractivity (Wildman–Crippen MR) is 132 cm³/mol. The van der Waals surface area contributed by atoms with Crippen molar-refractivity contribution in [2.24, 2.45) is 5.10 Å². The highest BCUT2D eigenvalue weighted by Gasteiger charge is 2.41. The number of amides is 1. The van der Waals surface area contributed by atoms with Gasteiger partial charge in [-0.25, -0.2) is 5.01 Å². The molecule has 0 bridgehead atoms. The second-order valence-corrected chi connectivity index (χ2v) is 9.38. The van der Waals surface area contributed by atoms with Crippen LogP contribution in [-0.2, 0) is 14.3 Å². The number of carbonyl (C=O) groups is 1. The average Bonchev–Trinajstić information content (AvgIpc) is 3.53. The van der Waals surface area contributed by atoms with E-state index in [1.54, 1.807) is 19.2 Å². The lowest BCUT2D eigenvalue weighted by atomic mass is 9.97. The zero-order valence-electron chi connectivity index (χ0n) is 20.0. The number of methoxy groups -OCH3 is 2. The number of nitrogens with zero attached hydrogens (tertiary/aromatic N) is 3. The van der Waals surface area contributed by atoms with Gasteiger partial charge in [-0.15, -0.1) is 0 Å². The van der Waals surface area contributed by atoms with E-state index in [4.69, 9.17) is 35.6 Å². The molecule has 2 aromatic carbocycles.